The third-order valence-corrected chi connectivity index (χ3v) is 5.19. The molecule has 0 saturated heterocycles. The minimum absolute atomic E-state index is 0.759. The van der Waals surface area contributed by atoms with Crippen LogP contribution < -0.4 is 0 Å². The molecule has 17 heavy (non-hydrogen) atoms. The van der Waals surface area contributed by atoms with Crippen LogP contribution in [0.15, 0.2) is 29.2 Å². The Morgan fingerprint density at radius 1 is 1.24 bits per heavy atom. The molecule has 1 fully saturated rings. The third kappa shape index (κ3) is 2.69. The van der Waals surface area contributed by atoms with E-state index in [1.165, 1.54) is 43.1 Å². The summed E-state index contributed by atoms with van der Waals surface area (Å²) in [5, 5.41) is 0. The number of hydrogen-bond donors (Lipinski definition) is 0. The van der Waals surface area contributed by atoms with Crippen LogP contribution in [0.4, 0.5) is 0 Å². The molecule has 92 valence electrons. The molecule has 0 N–H and O–H groups in total. The molecule has 2 aliphatic rings. The lowest BCUT2D eigenvalue weighted by Gasteiger charge is -2.24. The molecule has 0 radical (unpaired) electrons. The van der Waals surface area contributed by atoms with Gasteiger partial charge in [0.05, 0.1) is 0 Å². The van der Waals surface area contributed by atoms with Gasteiger partial charge in [0.1, 0.15) is 0 Å². The standard InChI is InChI=1S/C15H21NS/c1-2-16(9-12-7-8-12)10-13-11-17-15-6-4-3-5-14(13)15/h3-6,12-13H,2,7-11H2,1H3. The average molecular weight is 247 g/mol. The fourth-order valence-corrected chi connectivity index (χ4v) is 3.93. The van der Waals surface area contributed by atoms with Gasteiger partial charge in [-0.05, 0) is 36.9 Å². The van der Waals surface area contributed by atoms with Gasteiger partial charge in [-0.1, -0.05) is 25.1 Å². The van der Waals surface area contributed by atoms with Crippen molar-refractivity contribution in [2.75, 3.05) is 25.4 Å². The molecule has 2 heteroatoms. The van der Waals surface area contributed by atoms with Crippen LogP contribution in [0.3, 0.4) is 0 Å². The van der Waals surface area contributed by atoms with Crippen molar-refractivity contribution in [2.45, 2.75) is 30.6 Å². The van der Waals surface area contributed by atoms with Crippen molar-refractivity contribution >= 4 is 11.8 Å². The maximum atomic E-state index is 2.66. The van der Waals surface area contributed by atoms with E-state index in [4.69, 9.17) is 0 Å². The molecular weight excluding hydrogens is 226 g/mol. The maximum absolute atomic E-state index is 2.66. The summed E-state index contributed by atoms with van der Waals surface area (Å²) in [7, 11) is 0. The fourth-order valence-electron chi connectivity index (χ4n) is 2.69. The zero-order chi connectivity index (χ0) is 11.7. The van der Waals surface area contributed by atoms with Crippen molar-refractivity contribution in [3.05, 3.63) is 29.8 Å². The van der Waals surface area contributed by atoms with E-state index in [1.807, 2.05) is 11.8 Å². The SMILES string of the molecule is CCN(CC1CC1)CC1CSc2ccccc21. The van der Waals surface area contributed by atoms with E-state index in [2.05, 4.69) is 36.1 Å². The van der Waals surface area contributed by atoms with E-state index in [-0.39, 0.29) is 0 Å². The van der Waals surface area contributed by atoms with E-state index in [1.54, 1.807) is 5.56 Å². The van der Waals surface area contributed by atoms with Crippen molar-refractivity contribution in [1.29, 1.82) is 0 Å². The molecule has 1 aliphatic carbocycles. The summed E-state index contributed by atoms with van der Waals surface area (Å²) in [4.78, 5) is 4.17. The van der Waals surface area contributed by atoms with Crippen LogP contribution in [0, 0.1) is 5.92 Å². The number of benzene rings is 1. The maximum Gasteiger partial charge on any atom is 0.0108 e. The minimum atomic E-state index is 0.759. The van der Waals surface area contributed by atoms with Crippen LogP contribution in [0.25, 0.3) is 0 Å². The fraction of sp³-hybridized carbons (Fsp3) is 0.600. The van der Waals surface area contributed by atoms with E-state index >= 15 is 0 Å². The monoisotopic (exact) mass is 247 g/mol. The van der Waals surface area contributed by atoms with Crippen LogP contribution in [0.5, 0.6) is 0 Å². The van der Waals surface area contributed by atoms with Gasteiger partial charge in [-0.25, -0.2) is 0 Å². The normalized spacial score (nSPS) is 23.1. The highest BCUT2D eigenvalue weighted by atomic mass is 32.2. The molecule has 1 aliphatic heterocycles. The molecule has 1 unspecified atom stereocenters. The van der Waals surface area contributed by atoms with Crippen molar-refractivity contribution in [3.63, 3.8) is 0 Å². The second-order valence-corrected chi connectivity index (χ2v) is 6.40. The number of fused-ring (bicyclic) bond motifs is 1. The van der Waals surface area contributed by atoms with E-state index < -0.39 is 0 Å². The molecule has 1 heterocycles. The van der Waals surface area contributed by atoms with Gasteiger partial charge in [-0.2, -0.15) is 0 Å². The summed E-state index contributed by atoms with van der Waals surface area (Å²) in [5.41, 5.74) is 1.59. The summed E-state index contributed by atoms with van der Waals surface area (Å²) < 4.78 is 0. The van der Waals surface area contributed by atoms with Gasteiger partial charge in [0.2, 0.25) is 0 Å². The second-order valence-electron chi connectivity index (χ2n) is 5.34. The highest BCUT2D eigenvalue weighted by molar-refractivity contribution is 7.99. The topological polar surface area (TPSA) is 3.24 Å². The van der Waals surface area contributed by atoms with Gasteiger partial charge in [0.15, 0.2) is 0 Å². The number of rotatable bonds is 5. The molecule has 0 spiro atoms. The smallest absolute Gasteiger partial charge is 0.0108 e. The Balaban J connectivity index is 1.65. The van der Waals surface area contributed by atoms with Crippen molar-refractivity contribution in [2.24, 2.45) is 5.92 Å². The zero-order valence-corrected chi connectivity index (χ0v) is 11.4. The summed E-state index contributed by atoms with van der Waals surface area (Å²) >= 11 is 2.04. The van der Waals surface area contributed by atoms with Crippen LogP contribution in [0.1, 0.15) is 31.2 Å². The molecular formula is C15H21NS. The van der Waals surface area contributed by atoms with Crippen LogP contribution >= 0.6 is 11.8 Å². The van der Waals surface area contributed by atoms with E-state index in [0.717, 1.165) is 11.8 Å². The average Bonchev–Trinajstić information content (AvgIpc) is 3.09. The van der Waals surface area contributed by atoms with Gasteiger partial charge in [0.25, 0.3) is 0 Å². The number of thioether (sulfide) groups is 1. The second kappa shape index (κ2) is 5.03. The van der Waals surface area contributed by atoms with Gasteiger partial charge in [-0.3, -0.25) is 0 Å². The Kier molecular flexibility index (Phi) is 3.44. The Morgan fingerprint density at radius 2 is 2.06 bits per heavy atom. The van der Waals surface area contributed by atoms with E-state index in [9.17, 15) is 0 Å². The highest BCUT2D eigenvalue weighted by Crippen LogP contribution is 2.40. The first-order valence-electron chi connectivity index (χ1n) is 6.81. The summed E-state index contributed by atoms with van der Waals surface area (Å²) in [5.74, 6) is 3.05. The van der Waals surface area contributed by atoms with Gasteiger partial charge in [0, 0.05) is 29.7 Å². The first-order valence-corrected chi connectivity index (χ1v) is 7.79. The summed E-state index contributed by atoms with van der Waals surface area (Å²) in [6.07, 6.45) is 2.93. The molecule has 0 aromatic heterocycles. The van der Waals surface area contributed by atoms with Crippen molar-refractivity contribution in [1.82, 2.24) is 4.90 Å². The molecule has 1 aromatic rings. The predicted molar refractivity (Wildman–Crippen MR) is 74.7 cm³/mol. The van der Waals surface area contributed by atoms with Crippen LogP contribution in [-0.4, -0.2) is 30.3 Å². The Bertz CT molecular complexity index is 386. The lowest BCUT2D eigenvalue weighted by molar-refractivity contribution is 0.265. The van der Waals surface area contributed by atoms with E-state index in [0.29, 0.717) is 0 Å². The van der Waals surface area contributed by atoms with Crippen LogP contribution in [-0.2, 0) is 0 Å². The van der Waals surface area contributed by atoms with Crippen LogP contribution in [0.2, 0.25) is 0 Å². The number of hydrogen-bond acceptors (Lipinski definition) is 2. The van der Waals surface area contributed by atoms with Gasteiger partial charge < -0.3 is 4.90 Å². The molecule has 0 bridgehead atoms. The molecule has 1 nitrogen and oxygen atoms in total. The molecule has 1 saturated carbocycles. The Labute approximate surface area is 109 Å². The Hall–Kier alpha value is -0.470. The van der Waals surface area contributed by atoms with Crippen molar-refractivity contribution < 1.29 is 0 Å². The third-order valence-electron chi connectivity index (χ3n) is 3.94. The van der Waals surface area contributed by atoms with Gasteiger partial charge in [-0.15, -0.1) is 11.8 Å². The van der Waals surface area contributed by atoms with Gasteiger partial charge >= 0.3 is 0 Å². The number of likely N-dealkylation sites (N-methyl/N-ethyl adjacent to an activating group) is 1. The number of nitrogens with zero attached hydrogens (tertiary/aromatic N) is 1. The summed E-state index contributed by atoms with van der Waals surface area (Å²) in [6.45, 7) is 6.10. The largest absolute Gasteiger partial charge is 0.303 e. The lowest BCUT2D eigenvalue weighted by Crippen LogP contribution is -2.30. The molecule has 0 amide bonds. The minimum Gasteiger partial charge on any atom is -0.303 e. The molecule has 3 rings (SSSR count). The highest BCUT2D eigenvalue weighted by Gasteiger charge is 2.28. The summed E-state index contributed by atoms with van der Waals surface area (Å²) in [6, 6.07) is 8.95. The first-order chi connectivity index (χ1) is 8.36. The molecule has 1 aromatic carbocycles. The Morgan fingerprint density at radius 3 is 2.82 bits per heavy atom. The van der Waals surface area contributed by atoms with Crippen molar-refractivity contribution in [3.8, 4) is 0 Å². The lowest BCUT2D eigenvalue weighted by atomic mass is 10.0. The first kappa shape index (κ1) is 11.6. The quantitative estimate of drug-likeness (QED) is 0.782. The zero-order valence-electron chi connectivity index (χ0n) is 10.6. The predicted octanol–water partition coefficient (Wildman–Crippen LogP) is 3.61. The molecule has 1 atom stereocenters.